The van der Waals surface area contributed by atoms with Gasteiger partial charge in [-0.15, -0.1) is 0 Å². The van der Waals surface area contributed by atoms with Gasteiger partial charge in [0.15, 0.2) is 0 Å². The van der Waals surface area contributed by atoms with Crippen molar-refractivity contribution < 1.29 is 4.74 Å². The van der Waals surface area contributed by atoms with Crippen molar-refractivity contribution in [1.29, 1.82) is 0 Å². The van der Waals surface area contributed by atoms with Gasteiger partial charge in [-0.25, -0.2) is 0 Å². The number of ether oxygens (including phenoxy) is 1. The molecule has 0 saturated carbocycles. The van der Waals surface area contributed by atoms with E-state index < -0.39 is 0 Å². The summed E-state index contributed by atoms with van der Waals surface area (Å²) in [5.41, 5.74) is 0.450. The molecule has 1 aliphatic heterocycles. The van der Waals surface area contributed by atoms with Gasteiger partial charge in [-0.3, -0.25) is 4.90 Å². The molecule has 0 aromatic carbocycles. The van der Waals surface area contributed by atoms with Gasteiger partial charge in [-0.1, -0.05) is 27.2 Å². The van der Waals surface area contributed by atoms with Gasteiger partial charge in [0.25, 0.3) is 0 Å². The lowest BCUT2D eigenvalue weighted by Gasteiger charge is -2.37. The lowest BCUT2D eigenvalue weighted by Crippen LogP contribution is -2.46. The summed E-state index contributed by atoms with van der Waals surface area (Å²) in [7, 11) is 1.76. The average molecular weight is 256 g/mol. The van der Waals surface area contributed by atoms with Crippen LogP contribution in [-0.4, -0.2) is 50.8 Å². The van der Waals surface area contributed by atoms with E-state index in [1.165, 1.54) is 38.8 Å². The van der Waals surface area contributed by atoms with Crippen molar-refractivity contribution in [1.82, 2.24) is 10.2 Å². The smallest absolute Gasteiger partial charge is 0.0587 e. The van der Waals surface area contributed by atoms with Crippen LogP contribution in [-0.2, 0) is 4.74 Å². The van der Waals surface area contributed by atoms with Gasteiger partial charge < -0.3 is 10.1 Å². The van der Waals surface area contributed by atoms with E-state index in [4.69, 9.17) is 4.74 Å². The molecule has 0 aromatic heterocycles. The predicted octanol–water partition coefficient (Wildman–Crippen LogP) is 2.51. The summed E-state index contributed by atoms with van der Waals surface area (Å²) < 4.78 is 5.07. The van der Waals surface area contributed by atoms with Crippen molar-refractivity contribution in [3.05, 3.63) is 0 Å². The summed E-state index contributed by atoms with van der Waals surface area (Å²) in [4.78, 5) is 2.69. The topological polar surface area (TPSA) is 24.5 Å². The van der Waals surface area contributed by atoms with Crippen LogP contribution in [0.2, 0.25) is 0 Å². The minimum atomic E-state index is 0.450. The zero-order valence-electron chi connectivity index (χ0n) is 12.8. The Bertz CT molecular complexity index is 213. The van der Waals surface area contributed by atoms with E-state index in [0.29, 0.717) is 5.41 Å². The fourth-order valence-electron chi connectivity index (χ4n) is 2.51. The van der Waals surface area contributed by atoms with E-state index in [2.05, 4.69) is 31.0 Å². The Morgan fingerprint density at radius 2 is 2.06 bits per heavy atom. The summed E-state index contributed by atoms with van der Waals surface area (Å²) in [6.45, 7) is 12.4. The maximum Gasteiger partial charge on any atom is 0.0587 e. The number of likely N-dealkylation sites (tertiary alicyclic amines) is 1. The predicted molar refractivity (Wildman–Crippen MR) is 78.0 cm³/mol. The van der Waals surface area contributed by atoms with Crippen molar-refractivity contribution in [3.8, 4) is 0 Å². The van der Waals surface area contributed by atoms with E-state index in [-0.39, 0.29) is 0 Å². The molecule has 0 amide bonds. The highest BCUT2D eigenvalue weighted by Crippen LogP contribution is 2.22. The number of nitrogens with zero attached hydrogens (tertiary/aromatic N) is 1. The number of rotatable bonds is 7. The largest absolute Gasteiger partial charge is 0.383 e. The highest BCUT2D eigenvalue weighted by atomic mass is 16.5. The summed E-state index contributed by atoms with van der Waals surface area (Å²) >= 11 is 0. The maximum atomic E-state index is 5.07. The van der Waals surface area contributed by atoms with Gasteiger partial charge in [0.1, 0.15) is 0 Å². The van der Waals surface area contributed by atoms with Crippen molar-refractivity contribution >= 4 is 0 Å². The second-order valence-electron chi connectivity index (χ2n) is 6.69. The van der Waals surface area contributed by atoms with Crippen LogP contribution in [0, 0.1) is 5.41 Å². The molecule has 1 aliphatic rings. The summed E-state index contributed by atoms with van der Waals surface area (Å²) in [5, 5.41) is 3.52. The molecule has 1 atom stereocenters. The molecule has 108 valence electrons. The Balaban J connectivity index is 2.28. The molecule has 0 bridgehead atoms. The summed E-state index contributed by atoms with van der Waals surface area (Å²) in [6.07, 6.45) is 5.41. The first-order chi connectivity index (χ1) is 8.53. The van der Waals surface area contributed by atoms with Crippen LogP contribution >= 0.6 is 0 Å². The summed E-state index contributed by atoms with van der Waals surface area (Å²) in [6, 6.07) is 0.734. The molecular formula is C15H32N2O. The van der Waals surface area contributed by atoms with Gasteiger partial charge in [0.05, 0.1) is 6.61 Å². The van der Waals surface area contributed by atoms with Gasteiger partial charge >= 0.3 is 0 Å². The first-order valence-corrected chi connectivity index (χ1v) is 7.46. The van der Waals surface area contributed by atoms with Crippen LogP contribution in [0.4, 0.5) is 0 Å². The van der Waals surface area contributed by atoms with E-state index in [1.54, 1.807) is 7.11 Å². The molecule has 1 N–H and O–H groups in total. The first kappa shape index (κ1) is 15.9. The standard InChI is InChI=1S/C15H32N2O/c1-15(2,3)8-11-17-10-6-5-7-14(17)13-16-9-12-18-4/h14,16H,5-13H2,1-4H3. The quantitative estimate of drug-likeness (QED) is 0.708. The summed E-state index contributed by atoms with van der Waals surface area (Å²) in [5.74, 6) is 0. The number of nitrogens with one attached hydrogen (secondary N) is 1. The molecular weight excluding hydrogens is 224 g/mol. The highest BCUT2D eigenvalue weighted by Gasteiger charge is 2.23. The third-order valence-electron chi connectivity index (χ3n) is 3.76. The monoisotopic (exact) mass is 256 g/mol. The molecule has 3 heteroatoms. The van der Waals surface area contributed by atoms with Crippen molar-refractivity contribution in [2.75, 3.05) is 39.9 Å². The Morgan fingerprint density at radius 3 is 2.72 bits per heavy atom. The maximum absolute atomic E-state index is 5.07. The van der Waals surface area contributed by atoms with E-state index >= 15 is 0 Å². The second-order valence-corrected chi connectivity index (χ2v) is 6.69. The van der Waals surface area contributed by atoms with Crippen LogP contribution in [0.5, 0.6) is 0 Å². The Morgan fingerprint density at radius 1 is 1.28 bits per heavy atom. The van der Waals surface area contributed by atoms with E-state index in [1.807, 2.05) is 0 Å². The molecule has 1 unspecified atom stereocenters. The van der Waals surface area contributed by atoms with Crippen LogP contribution in [0.3, 0.4) is 0 Å². The number of methoxy groups -OCH3 is 1. The lowest BCUT2D eigenvalue weighted by molar-refractivity contribution is 0.124. The number of hydrogen-bond donors (Lipinski definition) is 1. The minimum absolute atomic E-state index is 0.450. The highest BCUT2D eigenvalue weighted by molar-refractivity contribution is 4.80. The zero-order valence-corrected chi connectivity index (χ0v) is 12.8. The Labute approximate surface area is 113 Å². The molecule has 1 heterocycles. The van der Waals surface area contributed by atoms with Crippen molar-refractivity contribution in [2.45, 2.75) is 52.5 Å². The fourth-order valence-corrected chi connectivity index (χ4v) is 2.51. The molecule has 1 rings (SSSR count). The molecule has 0 spiro atoms. The Kier molecular flexibility index (Phi) is 7.20. The molecule has 1 fully saturated rings. The van der Waals surface area contributed by atoms with Gasteiger partial charge in [0.2, 0.25) is 0 Å². The zero-order chi connectivity index (χ0) is 13.4. The molecule has 1 saturated heterocycles. The normalized spacial score (nSPS) is 22.3. The van der Waals surface area contributed by atoms with E-state index in [9.17, 15) is 0 Å². The van der Waals surface area contributed by atoms with Crippen LogP contribution < -0.4 is 5.32 Å². The van der Waals surface area contributed by atoms with Gasteiger partial charge in [-0.05, 0) is 37.8 Å². The average Bonchev–Trinajstić information content (AvgIpc) is 2.32. The van der Waals surface area contributed by atoms with Crippen molar-refractivity contribution in [3.63, 3.8) is 0 Å². The molecule has 0 aliphatic carbocycles. The van der Waals surface area contributed by atoms with Gasteiger partial charge in [-0.2, -0.15) is 0 Å². The third-order valence-corrected chi connectivity index (χ3v) is 3.76. The van der Waals surface area contributed by atoms with Gasteiger partial charge in [0, 0.05) is 26.2 Å². The van der Waals surface area contributed by atoms with E-state index in [0.717, 1.165) is 25.7 Å². The van der Waals surface area contributed by atoms with Crippen LogP contribution in [0.25, 0.3) is 0 Å². The SMILES string of the molecule is COCCNCC1CCCCN1CCC(C)(C)C. The van der Waals surface area contributed by atoms with Crippen LogP contribution in [0.15, 0.2) is 0 Å². The number of hydrogen-bond acceptors (Lipinski definition) is 3. The van der Waals surface area contributed by atoms with Crippen LogP contribution in [0.1, 0.15) is 46.5 Å². The molecule has 0 radical (unpaired) electrons. The third kappa shape index (κ3) is 6.72. The number of piperidine rings is 1. The second kappa shape index (κ2) is 8.13. The lowest BCUT2D eigenvalue weighted by atomic mass is 9.91. The fraction of sp³-hybridized carbons (Fsp3) is 1.00. The molecule has 18 heavy (non-hydrogen) atoms. The Hall–Kier alpha value is -0.120. The minimum Gasteiger partial charge on any atom is -0.383 e. The first-order valence-electron chi connectivity index (χ1n) is 7.46. The molecule has 0 aromatic rings. The van der Waals surface area contributed by atoms with Crippen molar-refractivity contribution in [2.24, 2.45) is 5.41 Å². The molecule has 3 nitrogen and oxygen atoms in total.